The van der Waals surface area contributed by atoms with Crippen LogP contribution in [0.15, 0.2) is 195 Å². The third-order valence-electron chi connectivity index (χ3n) is 10.7. The van der Waals surface area contributed by atoms with Crippen molar-refractivity contribution in [3.05, 3.63) is 195 Å². The highest BCUT2D eigenvalue weighted by atomic mass is 15.0. The summed E-state index contributed by atoms with van der Waals surface area (Å²) >= 11 is 0. The molecule has 11 rings (SSSR count). The highest BCUT2D eigenvalue weighted by molar-refractivity contribution is 6.15. The summed E-state index contributed by atoms with van der Waals surface area (Å²) in [5.74, 6) is 0. The van der Waals surface area contributed by atoms with Crippen LogP contribution in [0, 0.1) is 0 Å². The number of nitrogens with zero attached hydrogens (tertiary/aromatic N) is 6. The van der Waals surface area contributed by atoms with Crippen molar-refractivity contribution in [3.8, 4) is 56.4 Å². The first-order valence-corrected chi connectivity index (χ1v) is 18.7. The van der Waals surface area contributed by atoms with Crippen molar-refractivity contribution in [2.75, 3.05) is 0 Å². The molecule has 56 heavy (non-hydrogen) atoms. The van der Waals surface area contributed by atoms with E-state index >= 15 is 0 Å². The molecule has 0 atom stereocenters. The first-order chi connectivity index (χ1) is 27.8. The molecule has 6 heteroatoms. The van der Waals surface area contributed by atoms with Gasteiger partial charge in [0.25, 0.3) is 0 Å². The van der Waals surface area contributed by atoms with Crippen LogP contribution in [-0.4, -0.2) is 29.1 Å². The molecule has 0 amide bonds. The van der Waals surface area contributed by atoms with Gasteiger partial charge in [0.15, 0.2) is 0 Å². The van der Waals surface area contributed by atoms with Crippen LogP contribution in [-0.2, 0) is 0 Å². The van der Waals surface area contributed by atoms with Gasteiger partial charge in [-0.3, -0.25) is 14.5 Å². The van der Waals surface area contributed by atoms with E-state index in [1.807, 2.05) is 48.7 Å². The van der Waals surface area contributed by atoms with Crippen LogP contribution in [0.3, 0.4) is 0 Å². The predicted molar refractivity (Wildman–Crippen MR) is 228 cm³/mol. The molecule has 6 aromatic heterocycles. The van der Waals surface area contributed by atoms with Gasteiger partial charge in [-0.1, -0.05) is 91.0 Å². The second-order valence-corrected chi connectivity index (χ2v) is 13.9. The molecule has 0 fully saturated rings. The molecule has 0 aliphatic carbocycles. The lowest BCUT2D eigenvalue weighted by atomic mass is 10.00. The van der Waals surface area contributed by atoms with Gasteiger partial charge in [0, 0.05) is 57.1 Å². The Morgan fingerprint density at radius 3 is 1.79 bits per heavy atom. The average molecular weight is 717 g/mol. The van der Waals surface area contributed by atoms with Gasteiger partial charge in [0.1, 0.15) is 5.65 Å². The van der Waals surface area contributed by atoms with Crippen molar-refractivity contribution in [3.63, 3.8) is 0 Å². The van der Waals surface area contributed by atoms with Gasteiger partial charge >= 0.3 is 0 Å². The van der Waals surface area contributed by atoms with Crippen LogP contribution in [0.25, 0.3) is 100 Å². The molecule has 0 N–H and O–H groups in total. The Kier molecular flexibility index (Phi) is 7.38. The third-order valence-corrected chi connectivity index (χ3v) is 10.7. The molecule has 0 aliphatic heterocycles. The fourth-order valence-electron chi connectivity index (χ4n) is 8.18. The van der Waals surface area contributed by atoms with E-state index in [-0.39, 0.29) is 0 Å². The van der Waals surface area contributed by atoms with Crippen molar-refractivity contribution in [2.24, 2.45) is 0 Å². The number of aromatic nitrogens is 6. The van der Waals surface area contributed by atoms with E-state index in [9.17, 15) is 0 Å². The highest BCUT2D eigenvalue weighted by Crippen LogP contribution is 2.41. The van der Waals surface area contributed by atoms with Crippen LogP contribution >= 0.6 is 0 Å². The first-order valence-electron chi connectivity index (χ1n) is 18.7. The number of para-hydroxylation sites is 3. The highest BCUT2D eigenvalue weighted by Gasteiger charge is 2.19. The predicted octanol–water partition coefficient (Wildman–Crippen LogP) is 12.1. The zero-order valence-electron chi connectivity index (χ0n) is 30.2. The van der Waals surface area contributed by atoms with E-state index in [4.69, 9.17) is 9.97 Å². The van der Waals surface area contributed by atoms with Crippen molar-refractivity contribution in [2.45, 2.75) is 0 Å². The number of benzene rings is 5. The van der Waals surface area contributed by atoms with Gasteiger partial charge in [0.2, 0.25) is 0 Å². The van der Waals surface area contributed by atoms with Gasteiger partial charge in [-0.05, 0) is 102 Å². The van der Waals surface area contributed by atoms with Crippen LogP contribution in [0.4, 0.5) is 0 Å². The third kappa shape index (κ3) is 5.19. The average Bonchev–Trinajstić information content (AvgIpc) is 3.80. The Bertz CT molecular complexity index is 3180. The number of pyridine rings is 4. The Morgan fingerprint density at radius 2 is 1.00 bits per heavy atom. The molecule has 0 saturated carbocycles. The number of hydrogen-bond donors (Lipinski definition) is 0. The molecule has 11 aromatic rings. The summed E-state index contributed by atoms with van der Waals surface area (Å²) in [5, 5.41) is 4.72. The lowest BCUT2D eigenvalue weighted by Crippen LogP contribution is -1.97. The largest absolute Gasteiger partial charge is 0.309 e. The van der Waals surface area contributed by atoms with E-state index in [0.29, 0.717) is 0 Å². The lowest BCUT2D eigenvalue weighted by molar-refractivity contribution is 1.14. The Labute approximate surface area is 322 Å². The van der Waals surface area contributed by atoms with E-state index in [1.54, 1.807) is 12.4 Å². The minimum Gasteiger partial charge on any atom is -0.309 e. The van der Waals surface area contributed by atoms with Crippen LogP contribution < -0.4 is 0 Å². The maximum Gasteiger partial charge on any atom is 0.145 e. The minimum absolute atomic E-state index is 0.791. The maximum atomic E-state index is 5.01. The molecule has 0 saturated heterocycles. The summed E-state index contributed by atoms with van der Waals surface area (Å²) < 4.78 is 4.70. The van der Waals surface area contributed by atoms with Crippen molar-refractivity contribution < 1.29 is 0 Å². The number of hydrogen-bond acceptors (Lipinski definition) is 4. The number of fused-ring (bicyclic) bond motifs is 6. The zero-order valence-corrected chi connectivity index (χ0v) is 30.2. The van der Waals surface area contributed by atoms with Gasteiger partial charge in [-0.15, -0.1) is 0 Å². The fourth-order valence-corrected chi connectivity index (χ4v) is 8.18. The van der Waals surface area contributed by atoms with Gasteiger partial charge in [-0.2, -0.15) is 0 Å². The molecule has 6 heterocycles. The van der Waals surface area contributed by atoms with Crippen molar-refractivity contribution in [1.82, 2.24) is 29.1 Å². The summed E-state index contributed by atoms with van der Waals surface area (Å²) in [6, 6.07) is 61.7. The van der Waals surface area contributed by atoms with Crippen LogP contribution in [0.5, 0.6) is 0 Å². The monoisotopic (exact) mass is 716 g/mol. The van der Waals surface area contributed by atoms with Gasteiger partial charge < -0.3 is 4.57 Å². The number of rotatable bonds is 6. The van der Waals surface area contributed by atoms with Crippen molar-refractivity contribution >= 4 is 43.7 Å². The fraction of sp³-hybridized carbons (Fsp3) is 0. The zero-order chi connectivity index (χ0) is 37.0. The van der Waals surface area contributed by atoms with E-state index in [1.165, 1.54) is 27.4 Å². The molecule has 6 nitrogen and oxygen atoms in total. The van der Waals surface area contributed by atoms with E-state index < -0.39 is 0 Å². The molecular weight excluding hydrogens is 685 g/mol. The van der Waals surface area contributed by atoms with Gasteiger partial charge in [0.05, 0.1) is 39.3 Å². The molecular formula is C50H32N6. The van der Waals surface area contributed by atoms with Crippen LogP contribution in [0.2, 0.25) is 0 Å². The summed E-state index contributed by atoms with van der Waals surface area (Å²) in [4.78, 5) is 19.3. The smallest absolute Gasteiger partial charge is 0.145 e. The lowest BCUT2D eigenvalue weighted by Gasteiger charge is -2.13. The van der Waals surface area contributed by atoms with E-state index in [2.05, 4.69) is 153 Å². The molecule has 5 aromatic carbocycles. The summed E-state index contributed by atoms with van der Waals surface area (Å²) in [6.45, 7) is 0. The second kappa shape index (κ2) is 13.0. The molecule has 0 spiro atoms. The second-order valence-electron chi connectivity index (χ2n) is 13.9. The topological polar surface area (TPSA) is 61.4 Å². The Morgan fingerprint density at radius 1 is 0.339 bits per heavy atom. The normalized spacial score (nSPS) is 11.6. The minimum atomic E-state index is 0.791. The SMILES string of the molecule is c1ccc(-n2c3ccccc3c3cccc(-c4ccc5c6cccnc6n(-c6cccc(-c7cc(-c8ccccn8)nc(-c8ccccn8)c7)c6)c5c4)c32)cc1. The molecule has 0 bridgehead atoms. The summed E-state index contributed by atoms with van der Waals surface area (Å²) in [7, 11) is 0. The Hall–Kier alpha value is -7.70. The maximum absolute atomic E-state index is 5.01. The summed E-state index contributed by atoms with van der Waals surface area (Å²) in [6.07, 6.45) is 5.48. The quantitative estimate of drug-likeness (QED) is 0.172. The standard InChI is InChI=1S/C50H32N6/c1-2-14-36(15-3-1)55-47-23-5-4-17-39(47)41-19-11-18-38(49(41)55)34-24-25-40-42-20-12-28-53-50(42)56(48(40)32-34)37-16-10-13-33(29-37)35-30-45(43-21-6-8-26-51-43)54-46(31-35)44-22-7-9-27-52-44/h1-32H. The van der Waals surface area contributed by atoms with Crippen molar-refractivity contribution in [1.29, 1.82) is 0 Å². The summed E-state index contributed by atoms with van der Waals surface area (Å²) in [5.41, 5.74) is 14.1. The molecule has 0 unspecified atom stereocenters. The first kappa shape index (κ1) is 31.8. The Balaban J connectivity index is 1.12. The van der Waals surface area contributed by atoms with E-state index in [0.717, 1.165) is 72.8 Å². The van der Waals surface area contributed by atoms with Gasteiger partial charge in [-0.25, -0.2) is 9.97 Å². The molecule has 0 radical (unpaired) electrons. The molecule has 0 aliphatic rings. The molecule has 262 valence electrons. The van der Waals surface area contributed by atoms with Crippen LogP contribution in [0.1, 0.15) is 0 Å².